The van der Waals surface area contributed by atoms with Gasteiger partial charge in [0.2, 0.25) is 0 Å². The highest BCUT2D eigenvalue weighted by molar-refractivity contribution is 5.97. The van der Waals surface area contributed by atoms with E-state index < -0.39 is 0 Å². The average molecular weight is 246 g/mol. The van der Waals surface area contributed by atoms with Gasteiger partial charge in [-0.15, -0.1) is 0 Å². The van der Waals surface area contributed by atoms with Gasteiger partial charge in [-0.3, -0.25) is 0 Å². The predicted octanol–water partition coefficient (Wildman–Crippen LogP) is 4.72. The van der Waals surface area contributed by atoms with Gasteiger partial charge in [-0.1, -0.05) is 47.6 Å². The normalized spacial score (nSPS) is 18.4. The second-order valence-corrected chi connectivity index (χ2v) is 5.35. The lowest BCUT2D eigenvalue weighted by Crippen LogP contribution is -2.20. The molecule has 2 heteroatoms. The van der Waals surface area contributed by atoms with Crippen LogP contribution >= 0.6 is 0 Å². The number of aliphatic imine (C=N–C) groups is 1. The Bertz CT molecular complexity index is 384. The van der Waals surface area contributed by atoms with Crippen LogP contribution in [0.5, 0.6) is 0 Å². The third-order valence-electron chi connectivity index (χ3n) is 3.18. The molecule has 0 saturated heterocycles. The van der Waals surface area contributed by atoms with Crippen LogP contribution < -0.4 is 0 Å². The zero-order valence-electron chi connectivity index (χ0n) is 12.4. The van der Waals surface area contributed by atoms with Gasteiger partial charge in [0.25, 0.3) is 0 Å². The topological polar surface area (TPSA) is 15.6 Å². The Kier molecular flexibility index (Phi) is 5.39. The molecule has 0 radical (unpaired) electrons. The molecule has 0 N–H and O–H groups in total. The van der Waals surface area contributed by atoms with Crippen molar-refractivity contribution in [2.24, 2.45) is 16.8 Å². The van der Waals surface area contributed by atoms with Gasteiger partial charge in [0, 0.05) is 18.1 Å². The minimum Gasteiger partial charge on any atom is -0.309 e. The van der Waals surface area contributed by atoms with Crippen molar-refractivity contribution in [3.63, 3.8) is 0 Å². The molecule has 0 aromatic heterocycles. The maximum atomic E-state index is 4.84. The standard InChI is InChI=1S/C16H26N2/c1-7-9-14(12(3)4)16-17-15(13(5)6)10-11-18(16)8-2/h8,10-13H,2,7,9H2,1,3-6H3/b16-14+. The zero-order valence-corrected chi connectivity index (χ0v) is 12.4. The SMILES string of the molecule is C=CN1C=CC(C(C)C)=N/C1=C(/CCC)C(C)C. The van der Waals surface area contributed by atoms with Crippen LogP contribution in [0.25, 0.3) is 0 Å². The summed E-state index contributed by atoms with van der Waals surface area (Å²) in [6, 6.07) is 0. The Labute approximate surface area is 112 Å². The minimum atomic E-state index is 0.457. The van der Waals surface area contributed by atoms with E-state index in [0.717, 1.165) is 24.4 Å². The highest BCUT2D eigenvalue weighted by Gasteiger charge is 2.18. The Balaban J connectivity index is 3.24. The first-order valence-electron chi connectivity index (χ1n) is 6.91. The molecule has 0 atom stereocenters. The molecule has 0 spiro atoms. The van der Waals surface area contributed by atoms with Gasteiger partial charge < -0.3 is 4.90 Å². The van der Waals surface area contributed by atoms with Crippen molar-refractivity contribution in [3.8, 4) is 0 Å². The maximum absolute atomic E-state index is 4.84. The van der Waals surface area contributed by atoms with Gasteiger partial charge in [0.15, 0.2) is 0 Å². The molecule has 0 fully saturated rings. The Hall–Kier alpha value is -1.31. The van der Waals surface area contributed by atoms with Gasteiger partial charge in [0.05, 0.1) is 0 Å². The molecule has 1 heterocycles. The molecule has 1 aliphatic heterocycles. The zero-order chi connectivity index (χ0) is 13.7. The lowest BCUT2D eigenvalue weighted by molar-refractivity contribution is 0.562. The summed E-state index contributed by atoms with van der Waals surface area (Å²) >= 11 is 0. The molecule has 0 aromatic rings. The van der Waals surface area contributed by atoms with Crippen molar-refractivity contribution >= 4 is 5.71 Å². The third kappa shape index (κ3) is 3.34. The van der Waals surface area contributed by atoms with Gasteiger partial charge in [-0.05, 0) is 29.9 Å². The summed E-state index contributed by atoms with van der Waals surface area (Å²) < 4.78 is 0. The van der Waals surface area contributed by atoms with Gasteiger partial charge in [0.1, 0.15) is 5.82 Å². The number of hydrogen-bond acceptors (Lipinski definition) is 2. The van der Waals surface area contributed by atoms with Crippen molar-refractivity contribution in [2.45, 2.75) is 47.5 Å². The van der Waals surface area contributed by atoms with Crippen molar-refractivity contribution in [2.75, 3.05) is 0 Å². The number of hydrogen-bond donors (Lipinski definition) is 0. The molecule has 0 bridgehead atoms. The molecular weight excluding hydrogens is 220 g/mol. The molecule has 1 rings (SSSR count). The van der Waals surface area contributed by atoms with Crippen molar-refractivity contribution in [1.82, 2.24) is 4.90 Å². The average Bonchev–Trinajstić information content (AvgIpc) is 2.34. The summed E-state index contributed by atoms with van der Waals surface area (Å²) in [7, 11) is 0. The Morgan fingerprint density at radius 3 is 2.50 bits per heavy atom. The predicted molar refractivity (Wildman–Crippen MR) is 80.2 cm³/mol. The molecule has 2 nitrogen and oxygen atoms in total. The quantitative estimate of drug-likeness (QED) is 0.685. The number of allylic oxidation sites excluding steroid dienone is 2. The second-order valence-electron chi connectivity index (χ2n) is 5.35. The fourth-order valence-corrected chi connectivity index (χ4v) is 2.08. The van der Waals surface area contributed by atoms with E-state index in [2.05, 4.69) is 53.5 Å². The first-order valence-corrected chi connectivity index (χ1v) is 6.91. The van der Waals surface area contributed by atoms with E-state index in [0.29, 0.717) is 11.8 Å². The first kappa shape index (κ1) is 14.7. The van der Waals surface area contributed by atoms with E-state index in [1.165, 1.54) is 5.57 Å². The number of rotatable bonds is 5. The summed E-state index contributed by atoms with van der Waals surface area (Å²) in [5.74, 6) is 2.05. The smallest absolute Gasteiger partial charge is 0.136 e. The van der Waals surface area contributed by atoms with E-state index in [4.69, 9.17) is 4.99 Å². The lowest BCUT2D eigenvalue weighted by Gasteiger charge is -2.26. The molecular formula is C16H26N2. The summed E-state index contributed by atoms with van der Waals surface area (Å²) in [6.45, 7) is 14.9. The van der Waals surface area contributed by atoms with Crippen LogP contribution in [0.4, 0.5) is 0 Å². The Morgan fingerprint density at radius 2 is 2.06 bits per heavy atom. The molecule has 1 aliphatic rings. The molecule has 18 heavy (non-hydrogen) atoms. The fourth-order valence-electron chi connectivity index (χ4n) is 2.08. The summed E-state index contributed by atoms with van der Waals surface area (Å²) in [6.07, 6.45) is 8.24. The van der Waals surface area contributed by atoms with Crippen LogP contribution in [-0.4, -0.2) is 10.6 Å². The van der Waals surface area contributed by atoms with E-state index in [-0.39, 0.29) is 0 Å². The van der Waals surface area contributed by atoms with Crippen molar-refractivity contribution in [1.29, 1.82) is 0 Å². The molecule has 100 valence electrons. The van der Waals surface area contributed by atoms with Gasteiger partial charge in [-0.25, -0.2) is 4.99 Å². The fraction of sp³-hybridized carbons (Fsp3) is 0.562. The molecule has 0 unspecified atom stereocenters. The van der Waals surface area contributed by atoms with E-state index in [9.17, 15) is 0 Å². The van der Waals surface area contributed by atoms with Crippen LogP contribution in [0.2, 0.25) is 0 Å². The van der Waals surface area contributed by atoms with Crippen molar-refractivity contribution < 1.29 is 0 Å². The summed E-state index contributed by atoms with van der Waals surface area (Å²) in [5, 5.41) is 0. The minimum absolute atomic E-state index is 0.457. The highest BCUT2D eigenvalue weighted by atomic mass is 15.2. The molecule has 0 amide bonds. The summed E-state index contributed by atoms with van der Waals surface area (Å²) in [4.78, 5) is 6.88. The van der Waals surface area contributed by atoms with Crippen LogP contribution in [0.15, 0.2) is 41.4 Å². The van der Waals surface area contributed by atoms with Crippen LogP contribution in [0.3, 0.4) is 0 Å². The largest absolute Gasteiger partial charge is 0.309 e. The third-order valence-corrected chi connectivity index (χ3v) is 3.18. The Morgan fingerprint density at radius 1 is 1.39 bits per heavy atom. The monoisotopic (exact) mass is 246 g/mol. The van der Waals surface area contributed by atoms with E-state index in [1.807, 2.05) is 11.1 Å². The second kappa shape index (κ2) is 6.58. The van der Waals surface area contributed by atoms with Crippen LogP contribution in [-0.2, 0) is 0 Å². The van der Waals surface area contributed by atoms with E-state index in [1.54, 1.807) is 0 Å². The van der Waals surface area contributed by atoms with E-state index >= 15 is 0 Å². The van der Waals surface area contributed by atoms with Gasteiger partial charge in [-0.2, -0.15) is 0 Å². The first-order chi connectivity index (χ1) is 8.51. The van der Waals surface area contributed by atoms with Crippen LogP contribution in [0.1, 0.15) is 47.5 Å². The maximum Gasteiger partial charge on any atom is 0.136 e. The van der Waals surface area contributed by atoms with Crippen LogP contribution in [0, 0.1) is 11.8 Å². The highest BCUT2D eigenvalue weighted by Crippen LogP contribution is 2.27. The summed E-state index contributed by atoms with van der Waals surface area (Å²) in [5.41, 5.74) is 2.57. The molecule has 0 aliphatic carbocycles. The lowest BCUT2D eigenvalue weighted by atomic mass is 9.97. The molecule has 0 saturated carbocycles. The molecule has 0 aromatic carbocycles. The van der Waals surface area contributed by atoms with Crippen molar-refractivity contribution in [3.05, 3.63) is 36.4 Å². The number of nitrogens with zero attached hydrogens (tertiary/aromatic N) is 2. The van der Waals surface area contributed by atoms with Gasteiger partial charge >= 0.3 is 0 Å².